The van der Waals surface area contributed by atoms with Gasteiger partial charge in [-0.2, -0.15) is 0 Å². The van der Waals surface area contributed by atoms with Crippen LogP contribution in [-0.4, -0.2) is 12.5 Å². The molecule has 1 N–H and O–H groups in total. The Labute approximate surface area is 126 Å². The highest BCUT2D eigenvalue weighted by Gasteiger charge is 2.10. The largest absolute Gasteiger partial charge is 0.484 e. The summed E-state index contributed by atoms with van der Waals surface area (Å²) in [4.78, 5) is 11.9. The van der Waals surface area contributed by atoms with Crippen molar-refractivity contribution in [1.29, 1.82) is 0 Å². The van der Waals surface area contributed by atoms with E-state index in [1.165, 1.54) is 5.56 Å². The number of ether oxygens (including phenoxy) is 1. The van der Waals surface area contributed by atoms with Gasteiger partial charge in [-0.05, 0) is 36.6 Å². The smallest absolute Gasteiger partial charge is 0.258 e. The van der Waals surface area contributed by atoms with Crippen LogP contribution >= 0.6 is 0 Å². The van der Waals surface area contributed by atoms with Gasteiger partial charge in [0.1, 0.15) is 5.75 Å². The molecule has 0 aromatic heterocycles. The van der Waals surface area contributed by atoms with Crippen molar-refractivity contribution in [2.75, 3.05) is 6.61 Å². The van der Waals surface area contributed by atoms with Gasteiger partial charge in [0.05, 0.1) is 6.04 Å². The zero-order valence-corrected chi connectivity index (χ0v) is 12.5. The molecule has 2 aromatic rings. The maximum atomic E-state index is 11.9. The minimum absolute atomic E-state index is 0.0252. The summed E-state index contributed by atoms with van der Waals surface area (Å²) in [5.74, 6) is 0.582. The highest BCUT2D eigenvalue weighted by atomic mass is 16.5. The Morgan fingerprint density at radius 2 is 1.76 bits per heavy atom. The van der Waals surface area contributed by atoms with Crippen LogP contribution < -0.4 is 10.1 Å². The first-order valence-electron chi connectivity index (χ1n) is 7.25. The molecule has 0 spiro atoms. The molecule has 2 rings (SSSR count). The van der Waals surface area contributed by atoms with Crippen LogP contribution in [0.25, 0.3) is 0 Å². The Bertz CT molecular complexity index is 564. The quantitative estimate of drug-likeness (QED) is 0.881. The van der Waals surface area contributed by atoms with Gasteiger partial charge in [-0.3, -0.25) is 4.79 Å². The fraction of sp³-hybridized carbons (Fsp3) is 0.278. The monoisotopic (exact) mass is 283 g/mol. The Hall–Kier alpha value is -2.29. The summed E-state index contributed by atoms with van der Waals surface area (Å²) >= 11 is 0. The fourth-order valence-corrected chi connectivity index (χ4v) is 2.07. The molecule has 2 aromatic carbocycles. The summed E-state index contributed by atoms with van der Waals surface area (Å²) in [7, 11) is 0. The Morgan fingerprint density at radius 3 is 2.38 bits per heavy atom. The van der Waals surface area contributed by atoms with Crippen molar-refractivity contribution in [3.63, 3.8) is 0 Å². The number of hydrogen-bond donors (Lipinski definition) is 1. The lowest BCUT2D eigenvalue weighted by Gasteiger charge is -2.15. The van der Waals surface area contributed by atoms with E-state index >= 15 is 0 Å². The van der Waals surface area contributed by atoms with Crippen LogP contribution in [0.2, 0.25) is 0 Å². The highest BCUT2D eigenvalue weighted by Crippen LogP contribution is 2.14. The zero-order valence-electron chi connectivity index (χ0n) is 12.5. The van der Waals surface area contributed by atoms with Crippen molar-refractivity contribution in [3.05, 3.63) is 65.7 Å². The molecule has 1 atom stereocenters. The number of carbonyl (C=O) groups is 1. The van der Waals surface area contributed by atoms with Gasteiger partial charge in [-0.1, -0.05) is 49.4 Å². The number of aryl methyl sites for hydroxylation is 1. The third kappa shape index (κ3) is 4.63. The van der Waals surface area contributed by atoms with Crippen LogP contribution in [0.1, 0.15) is 31.0 Å². The van der Waals surface area contributed by atoms with Gasteiger partial charge in [-0.25, -0.2) is 0 Å². The highest BCUT2D eigenvalue weighted by molar-refractivity contribution is 5.78. The fourth-order valence-electron chi connectivity index (χ4n) is 2.07. The zero-order chi connectivity index (χ0) is 15.1. The lowest BCUT2D eigenvalue weighted by Crippen LogP contribution is -2.31. The summed E-state index contributed by atoms with van der Waals surface area (Å²) in [5, 5.41) is 2.94. The van der Waals surface area contributed by atoms with E-state index in [0.29, 0.717) is 5.75 Å². The molecular formula is C18H21NO2. The first kappa shape index (κ1) is 15.1. The van der Waals surface area contributed by atoms with Crippen molar-refractivity contribution >= 4 is 5.91 Å². The molecule has 0 aliphatic rings. The maximum absolute atomic E-state index is 11.9. The number of carbonyl (C=O) groups excluding carboxylic acids is 1. The lowest BCUT2D eigenvalue weighted by atomic mass is 10.1. The van der Waals surface area contributed by atoms with Gasteiger partial charge in [0.2, 0.25) is 0 Å². The first-order valence-corrected chi connectivity index (χ1v) is 7.25. The van der Waals surface area contributed by atoms with Gasteiger partial charge >= 0.3 is 0 Å². The summed E-state index contributed by atoms with van der Waals surface area (Å²) < 4.78 is 5.43. The van der Waals surface area contributed by atoms with E-state index in [4.69, 9.17) is 4.74 Å². The predicted molar refractivity (Wildman–Crippen MR) is 84.3 cm³/mol. The average molecular weight is 283 g/mol. The van der Waals surface area contributed by atoms with Gasteiger partial charge in [0.15, 0.2) is 6.61 Å². The van der Waals surface area contributed by atoms with Gasteiger partial charge in [0.25, 0.3) is 5.91 Å². The summed E-state index contributed by atoms with van der Waals surface area (Å²) in [6.07, 6.45) is 1.02. The Balaban J connectivity index is 1.83. The molecule has 3 heteroatoms. The van der Waals surface area contributed by atoms with E-state index in [1.54, 1.807) is 0 Å². The maximum Gasteiger partial charge on any atom is 0.258 e. The number of hydrogen-bond acceptors (Lipinski definition) is 2. The predicted octanol–water partition coefficient (Wildman–Crippen LogP) is 3.51. The summed E-state index contributed by atoms with van der Waals surface area (Å²) in [6.45, 7) is 4.13. The molecule has 0 heterocycles. The number of amides is 1. The first-order chi connectivity index (χ1) is 10.2. The van der Waals surface area contributed by atoms with E-state index in [0.717, 1.165) is 12.0 Å². The van der Waals surface area contributed by atoms with E-state index in [-0.39, 0.29) is 18.6 Å². The van der Waals surface area contributed by atoms with E-state index in [2.05, 4.69) is 36.5 Å². The molecule has 0 bridgehead atoms. The standard InChI is InChI=1S/C18H21NO2/c1-3-15-9-11-16(12-10-15)14(2)19-18(20)13-21-17-7-5-4-6-8-17/h4-12,14H,3,13H2,1-2H3,(H,19,20). The molecular weight excluding hydrogens is 262 g/mol. The van der Waals surface area contributed by atoms with Crippen LogP contribution in [0.3, 0.4) is 0 Å². The number of benzene rings is 2. The van der Waals surface area contributed by atoms with Crippen molar-refractivity contribution in [1.82, 2.24) is 5.32 Å². The van der Waals surface area contributed by atoms with Crippen LogP contribution in [-0.2, 0) is 11.2 Å². The van der Waals surface area contributed by atoms with Crippen LogP contribution in [0, 0.1) is 0 Å². The van der Waals surface area contributed by atoms with Crippen LogP contribution in [0.4, 0.5) is 0 Å². The lowest BCUT2D eigenvalue weighted by molar-refractivity contribution is -0.123. The van der Waals surface area contributed by atoms with Crippen molar-refractivity contribution < 1.29 is 9.53 Å². The second-order valence-electron chi connectivity index (χ2n) is 4.99. The molecule has 0 radical (unpaired) electrons. The number of para-hydroxylation sites is 1. The number of rotatable bonds is 6. The molecule has 21 heavy (non-hydrogen) atoms. The topological polar surface area (TPSA) is 38.3 Å². The van der Waals surface area contributed by atoms with E-state index < -0.39 is 0 Å². The Morgan fingerprint density at radius 1 is 1.10 bits per heavy atom. The van der Waals surface area contributed by atoms with E-state index in [9.17, 15) is 4.79 Å². The molecule has 1 unspecified atom stereocenters. The second kappa shape index (κ2) is 7.48. The summed E-state index contributed by atoms with van der Waals surface area (Å²) in [5.41, 5.74) is 2.39. The SMILES string of the molecule is CCc1ccc(C(C)NC(=O)COc2ccccc2)cc1. The third-order valence-electron chi connectivity index (χ3n) is 3.38. The van der Waals surface area contributed by atoms with E-state index in [1.807, 2.05) is 37.3 Å². The Kier molecular flexibility index (Phi) is 5.38. The minimum atomic E-state index is -0.120. The molecule has 1 amide bonds. The third-order valence-corrected chi connectivity index (χ3v) is 3.38. The normalized spacial score (nSPS) is 11.7. The average Bonchev–Trinajstić information content (AvgIpc) is 2.54. The van der Waals surface area contributed by atoms with Gasteiger partial charge in [-0.15, -0.1) is 0 Å². The van der Waals surface area contributed by atoms with Crippen molar-refractivity contribution in [2.24, 2.45) is 0 Å². The number of nitrogens with one attached hydrogen (secondary N) is 1. The molecule has 0 fully saturated rings. The van der Waals surface area contributed by atoms with Gasteiger partial charge in [0, 0.05) is 0 Å². The minimum Gasteiger partial charge on any atom is -0.484 e. The second-order valence-corrected chi connectivity index (χ2v) is 4.99. The van der Waals surface area contributed by atoms with Gasteiger partial charge < -0.3 is 10.1 Å². The van der Waals surface area contributed by atoms with Crippen LogP contribution in [0.15, 0.2) is 54.6 Å². The molecule has 0 saturated heterocycles. The van der Waals surface area contributed by atoms with Crippen molar-refractivity contribution in [2.45, 2.75) is 26.3 Å². The molecule has 0 aliphatic heterocycles. The van der Waals surface area contributed by atoms with Crippen molar-refractivity contribution in [3.8, 4) is 5.75 Å². The molecule has 3 nitrogen and oxygen atoms in total. The van der Waals surface area contributed by atoms with Crippen LogP contribution in [0.5, 0.6) is 5.75 Å². The summed E-state index contributed by atoms with van der Waals surface area (Å²) in [6, 6.07) is 17.6. The molecule has 0 aliphatic carbocycles. The molecule has 110 valence electrons. The molecule has 0 saturated carbocycles.